The van der Waals surface area contributed by atoms with Crippen LogP contribution in [0, 0.1) is 9.39 Å². The van der Waals surface area contributed by atoms with Crippen LogP contribution in [0.25, 0.3) is 0 Å². The Morgan fingerprint density at radius 1 is 1.25 bits per heavy atom. The van der Waals surface area contributed by atoms with E-state index in [4.69, 9.17) is 0 Å². The van der Waals surface area contributed by atoms with E-state index in [2.05, 4.69) is 55.2 Å². The number of carbonyl (C=O) groups is 1. The van der Waals surface area contributed by atoms with Crippen LogP contribution in [0.4, 0.5) is 10.1 Å². The van der Waals surface area contributed by atoms with E-state index in [9.17, 15) is 9.18 Å². The van der Waals surface area contributed by atoms with Gasteiger partial charge in [-0.1, -0.05) is 30.0 Å². The second-order valence-corrected chi connectivity index (χ2v) is 9.26. The van der Waals surface area contributed by atoms with Gasteiger partial charge in [-0.2, -0.15) is 5.10 Å². The molecule has 2 N–H and O–H groups in total. The Labute approximate surface area is 203 Å². The van der Waals surface area contributed by atoms with E-state index in [-0.39, 0.29) is 11.7 Å². The molecule has 1 amide bonds. The second-order valence-electron chi connectivity index (χ2n) is 6.70. The molecule has 0 aliphatic rings. The predicted molar refractivity (Wildman–Crippen MR) is 134 cm³/mol. The van der Waals surface area contributed by atoms with Crippen LogP contribution in [-0.4, -0.2) is 32.1 Å². The summed E-state index contributed by atoms with van der Waals surface area (Å²) in [6.45, 7) is 6.59. The number of allylic oxidation sites excluding steroid dienone is 1. The maximum absolute atomic E-state index is 12.9. The Hall–Kier alpha value is -2.73. The number of anilines is 1. The van der Waals surface area contributed by atoms with Crippen molar-refractivity contribution in [3.63, 3.8) is 0 Å². The zero-order valence-electron chi connectivity index (χ0n) is 17.3. The molecule has 166 valence electrons. The minimum absolute atomic E-state index is 0.278. The summed E-state index contributed by atoms with van der Waals surface area (Å²) in [5, 5.41) is 16.0. The number of benzene rings is 2. The zero-order valence-corrected chi connectivity index (χ0v) is 20.3. The number of rotatable bonds is 10. The minimum atomic E-state index is -0.454. The molecule has 0 fully saturated rings. The Balaban J connectivity index is 1.59. The number of hydrazone groups is 1. The fraction of sp³-hybridized carbons (Fsp3) is 0.182. The first-order valence-electron chi connectivity index (χ1n) is 9.74. The molecule has 0 saturated heterocycles. The molecule has 3 aromatic rings. The van der Waals surface area contributed by atoms with Gasteiger partial charge in [-0.25, -0.2) is 9.82 Å². The Morgan fingerprint density at radius 2 is 1.97 bits per heavy atom. The predicted octanol–water partition coefficient (Wildman–Crippen LogP) is 4.45. The molecule has 7 nitrogen and oxygen atoms in total. The molecule has 2 aromatic carbocycles. The van der Waals surface area contributed by atoms with Gasteiger partial charge in [0, 0.05) is 15.8 Å². The van der Waals surface area contributed by atoms with Crippen molar-refractivity contribution in [3.05, 3.63) is 82.0 Å². The average Bonchev–Trinajstić information content (AvgIpc) is 3.16. The van der Waals surface area contributed by atoms with Gasteiger partial charge >= 0.3 is 0 Å². The van der Waals surface area contributed by atoms with Gasteiger partial charge in [0.05, 0.1) is 18.0 Å². The number of hydrogen-bond acceptors (Lipinski definition) is 6. The first-order valence-corrected chi connectivity index (χ1v) is 11.7. The fourth-order valence-electron chi connectivity index (χ4n) is 2.62. The minimum Gasteiger partial charge on any atom is -0.378 e. The summed E-state index contributed by atoms with van der Waals surface area (Å²) >= 11 is 3.55. The number of nitrogens with one attached hydrogen (secondary N) is 2. The lowest BCUT2D eigenvalue weighted by Gasteiger charge is -2.12. The highest BCUT2D eigenvalue weighted by atomic mass is 127. The molecule has 0 saturated carbocycles. The highest BCUT2D eigenvalue weighted by Gasteiger charge is 2.19. The Morgan fingerprint density at radius 3 is 2.66 bits per heavy atom. The topological polar surface area (TPSA) is 84.2 Å². The van der Waals surface area contributed by atoms with Crippen LogP contribution in [0.5, 0.6) is 0 Å². The van der Waals surface area contributed by atoms with Gasteiger partial charge in [0.2, 0.25) is 0 Å². The zero-order chi connectivity index (χ0) is 22.9. The molecular formula is C22H22FIN6OS. The summed E-state index contributed by atoms with van der Waals surface area (Å²) in [4.78, 5) is 12.4. The third kappa shape index (κ3) is 6.89. The first-order chi connectivity index (χ1) is 15.5. The third-order valence-corrected chi connectivity index (χ3v) is 6.11. The highest BCUT2D eigenvalue weighted by Crippen LogP contribution is 2.23. The molecule has 0 spiro atoms. The summed E-state index contributed by atoms with van der Waals surface area (Å²) in [7, 11) is 0. The van der Waals surface area contributed by atoms with Crippen molar-refractivity contribution in [1.29, 1.82) is 0 Å². The number of thioether (sulfide) groups is 1. The molecule has 3 rings (SSSR count). The monoisotopic (exact) mass is 564 g/mol. The molecule has 0 aliphatic carbocycles. The van der Waals surface area contributed by atoms with Gasteiger partial charge in [-0.15, -0.1) is 16.8 Å². The molecule has 1 aromatic heterocycles. The largest absolute Gasteiger partial charge is 0.378 e. The lowest BCUT2D eigenvalue weighted by molar-refractivity contribution is -0.120. The van der Waals surface area contributed by atoms with E-state index in [1.54, 1.807) is 25.1 Å². The van der Waals surface area contributed by atoms with Gasteiger partial charge in [0.1, 0.15) is 5.82 Å². The summed E-state index contributed by atoms with van der Waals surface area (Å²) in [6.07, 6.45) is 3.23. The van der Waals surface area contributed by atoms with Gasteiger partial charge in [-0.3, -0.25) is 4.79 Å². The number of aromatic nitrogens is 3. The van der Waals surface area contributed by atoms with Crippen LogP contribution in [0.1, 0.15) is 18.3 Å². The molecule has 32 heavy (non-hydrogen) atoms. The normalized spacial score (nSPS) is 12.0. The number of nitrogens with zero attached hydrogens (tertiary/aromatic N) is 4. The summed E-state index contributed by atoms with van der Waals surface area (Å²) in [5.74, 6) is 0.140. The fourth-order valence-corrected chi connectivity index (χ4v) is 3.85. The van der Waals surface area contributed by atoms with Crippen LogP contribution in [-0.2, 0) is 17.9 Å². The number of amides is 1. The van der Waals surface area contributed by atoms with Crippen molar-refractivity contribution in [1.82, 2.24) is 20.2 Å². The quantitative estimate of drug-likeness (QED) is 0.125. The SMILES string of the molecule is C=CCn1c(CNc2ccc(I)cc2)nnc1S[C@H](C)C(=O)N/N=C\c1ccc(F)cc1. The van der Waals surface area contributed by atoms with Crippen molar-refractivity contribution in [2.75, 3.05) is 5.32 Å². The number of hydrogen-bond donors (Lipinski definition) is 2. The van der Waals surface area contributed by atoms with Crippen LogP contribution in [0.2, 0.25) is 0 Å². The van der Waals surface area contributed by atoms with E-state index in [0.717, 1.165) is 15.1 Å². The van der Waals surface area contributed by atoms with Crippen molar-refractivity contribution < 1.29 is 9.18 Å². The molecule has 0 aliphatic heterocycles. The Kier molecular flexibility index (Phi) is 8.80. The van der Waals surface area contributed by atoms with Gasteiger partial charge in [-0.05, 0) is 71.5 Å². The number of carbonyl (C=O) groups excluding carboxylic acids is 1. The molecular weight excluding hydrogens is 542 g/mol. The van der Waals surface area contributed by atoms with E-state index >= 15 is 0 Å². The molecule has 10 heteroatoms. The lowest BCUT2D eigenvalue weighted by atomic mass is 10.2. The standard InChI is InChI=1S/C22H22FIN6OS/c1-3-12-30-20(14-25-19-10-8-18(24)9-11-19)27-29-22(30)32-15(2)21(31)28-26-13-16-4-6-17(23)7-5-16/h3-11,13,15,25H,1,12,14H2,2H3,(H,28,31)/b26-13-/t15-/m1/s1. The number of halogens is 2. The van der Waals surface area contributed by atoms with E-state index in [1.165, 1.54) is 30.1 Å². The van der Waals surface area contributed by atoms with Gasteiger partial charge in [0.25, 0.3) is 5.91 Å². The molecule has 0 unspecified atom stereocenters. The van der Waals surface area contributed by atoms with E-state index in [0.29, 0.717) is 23.8 Å². The molecule has 0 bridgehead atoms. The molecule has 1 atom stereocenters. The molecule has 1 heterocycles. The van der Waals surface area contributed by atoms with Crippen molar-refractivity contribution in [3.8, 4) is 0 Å². The van der Waals surface area contributed by atoms with Crippen LogP contribution >= 0.6 is 34.4 Å². The summed E-state index contributed by atoms with van der Waals surface area (Å²) in [6, 6.07) is 13.9. The lowest BCUT2D eigenvalue weighted by Crippen LogP contribution is -2.27. The highest BCUT2D eigenvalue weighted by molar-refractivity contribution is 14.1. The first kappa shape index (κ1) is 23.9. The van der Waals surface area contributed by atoms with Gasteiger partial charge < -0.3 is 9.88 Å². The van der Waals surface area contributed by atoms with Crippen molar-refractivity contribution in [2.24, 2.45) is 5.10 Å². The average molecular weight is 564 g/mol. The maximum Gasteiger partial charge on any atom is 0.253 e. The van der Waals surface area contributed by atoms with Crippen LogP contribution < -0.4 is 10.7 Å². The third-order valence-electron chi connectivity index (χ3n) is 4.31. The second kappa shape index (κ2) is 11.8. The van der Waals surface area contributed by atoms with E-state index < -0.39 is 5.25 Å². The Bertz CT molecular complexity index is 1080. The van der Waals surface area contributed by atoms with Crippen molar-refractivity contribution >= 4 is 52.2 Å². The maximum atomic E-state index is 12.9. The van der Waals surface area contributed by atoms with Crippen LogP contribution in [0.15, 0.2) is 71.4 Å². The summed E-state index contributed by atoms with van der Waals surface area (Å²) < 4.78 is 16.0. The van der Waals surface area contributed by atoms with Gasteiger partial charge in [0.15, 0.2) is 11.0 Å². The molecule has 0 radical (unpaired) electrons. The summed E-state index contributed by atoms with van der Waals surface area (Å²) in [5.41, 5.74) is 4.17. The van der Waals surface area contributed by atoms with E-state index in [1.807, 2.05) is 28.8 Å². The van der Waals surface area contributed by atoms with Crippen LogP contribution in [0.3, 0.4) is 0 Å². The smallest absolute Gasteiger partial charge is 0.253 e. The van der Waals surface area contributed by atoms with Crippen molar-refractivity contribution in [2.45, 2.75) is 30.4 Å².